The van der Waals surface area contributed by atoms with Crippen LogP contribution in [0.15, 0.2) is 35.5 Å². The number of esters is 1. The van der Waals surface area contributed by atoms with E-state index in [0.29, 0.717) is 18.7 Å². The summed E-state index contributed by atoms with van der Waals surface area (Å²) in [6.07, 6.45) is 10.3. The van der Waals surface area contributed by atoms with Crippen molar-refractivity contribution >= 4 is 29.2 Å². The van der Waals surface area contributed by atoms with E-state index >= 15 is 0 Å². The number of oxime groups is 1. The maximum Gasteiger partial charge on any atom is 0.342 e. The highest BCUT2D eigenvalue weighted by atomic mass is 35.5. The van der Waals surface area contributed by atoms with E-state index in [-0.39, 0.29) is 47.4 Å². The van der Waals surface area contributed by atoms with E-state index in [1.54, 1.807) is 6.08 Å². The van der Waals surface area contributed by atoms with Crippen LogP contribution in [0.2, 0.25) is 5.02 Å². The van der Waals surface area contributed by atoms with E-state index in [2.05, 4.69) is 10.5 Å². The predicted octanol–water partition coefficient (Wildman–Crippen LogP) is 3.65. The van der Waals surface area contributed by atoms with Gasteiger partial charge in [0.2, 0.25) is 0 Å². The number of nitrogens with zero attached hydrogens (tertiary/aromatic N) is 1. The number of nitrogens with one attached hydrogen (secondary N) is 1. The second-order valence-electron chi connectivity index (χ2n) is 6.84. The van der Waals surface area contributed by atoms with Gasteiger partial charge in [0.05, 0.1) is 17.3 Å². The van der Waals surface area contributed by atoms with Crippen molar-refractivity contribution < 1.29 is 29.4 Å². The zero-order chi connectivity index (χ0) is 22.6. The molecule has 0 saturated carbocycles. The highest BCUT2D eigenvalue weighted by molar-refractivity contribution is 6.33. The molecule has 0 spiro atoms. The summed E-state index contributed by atoms with van der Waals surface area (Å²) in [5.41, 5.74) is 0.357. The molecule has 0 saturated heterocycles. The monoisotopic (exact) mass is 450 g/mol. The molecule has 1 aromatic rings. The smallest absolute Gasteiger partial charge is 0.342 e. The minimum atomic E-state index is -0.761. The summed E-state index contributed by atoms with van der Waals surface area (Å²) in [6.45, 7) is 2.34. The van der Waals surface area contributed by atoms with Crippen molar-refractivity contribution in [2.45, 2.75) is 39.0 Å². The molecule has 1 heterocycles. The summed E-state index contributed by atoms with van der Waals surface area (Å²) in [6, 6.07) is 0.993. The molecule has 0 fully saturated rings. The van der Waals surface area contributed by atoms with E-state index in [1.807, 2.05) is 25.2 Å². The predicted molar refractivity (Wildman–Crippen MR) is 118 cm³/mol. The largest absolute Gasteiger partial charge is 0.507 e. The lowest BCUT2D eigenvalue weighted by atomic mass is 9.99. The maximum atomic E-state index is 12.6. The third-order valence-corrected chi connectivity index (χ3v) is 4.75. The molecule has 0 atom stereocenters. The fraction of sp³-hybridized carbons (Fsp3) is 0.409. The number of hydrogen-bond acceptors (Lipinski definition) is 7. The molecule has 1 aromatic carbocycles. The summed E-state index contributed by atoms with van der Waals surface area (Å²) in [5.74, 6) is -1.90. The Balaban J connectivity index is 2.36. The summed E-state index contributed by atoms with van der Waals surface area (Å²) in [5, 5.41) is 26.9. The molecule has 9 heteroatoms. The van der Waals surface area contributed by atoms with E-state index in [0.717, 1.165) is 25.3 Å². The number of halogens is 1. The Morgan fingerprint density at radius 3 is 2.74 bits per heavy atom. The van der Waals surface area contributed by atoms with Gasteiger partial charge >= 0.3 is 5.97 Å². The number of rotatable bonds is 5. The Morgan fingerprint density at radius 2 is 1.97 bits per heavy atom. The number of hydrogen-bond donors (Lipinski definition) is 3. The third-order valence-electron chi connectivity index (χ3n) is 4.33. The molecule has 1 amide bonds. The number of phenolic OH excluding ortho intramolecular Hbond substituents is 2. The lowest BCUT2D eigenvalue weighted by molar-refractivity contribution is -0.125. The fourth-order valence-corrected chi connectivity index (χ4v) is 3.02. The van der Waals surface area contributed by atoms with Crippen LogP contribution in [-0.2, 0) is 20.8 Å². The highest BCUT2D eigenvalue weighted by Crippen LogP contribution is 2.37. The zero-order valence-corrected chi connectivity index (χ0v) is 18.2. The lowest BCUT2D eigenvalue weighted by Crippen LogP contribution is -2.27. The Morgan fingerprint density at radius 1 is 1.23 bits per heavy atom. The third kappa shape index (κ3) is 7.64. The van der Waals surface area contributed by atoms with Crippen molar-refractivity contribution in [3.63, 3.8) is 0 Å². The number of cyclic esters (lactones) is 1. The van der Waals surface area contributed by atoms with Crippen molar-refractivity contribution in [1.82, 2.24) is 5.32 Å². The first-order chi connectivity index (χ1) is 14.9. The molecule has 0 bridgehead atoms. The second kappa shape index (κ2) is 12.6. The summed E-state index contributed by atoms with van der Waals surface area (Å²) < 4.78 is 5.24. The molecule has 0 aliphatic carbocycles. The first-order valence-corrected chi connectivity index (χ1v) is 10.5. The lowest BCUT2D eigenvalue weighted by Gasteiger charge is -2.14. The molecule has 31 heavy (non-hydrogen) atoms. The molecule has 3 N–H and O–H groups in total. The van der Waals surface area contributed by atoms with Gasteiger partial charge in [-0.1, -0.05) is 41.9 Å². The number of carbonyl (C=O) groups is 2. The minimum Gasteiger partial charge on any atom is -0.507 e. The van der Waals surface area contributed by atoms with Crippen LogP contribution in [0.25, 0.3) is 0 Å². The number of amides is 1. The van der Waals surface area contributed by atoms with E-state index in [9.17, 15) is 19.8 Å². The minimum absolute atomic E-state index is 0.0336. The molecular weight excluding hydrogens is 424 g/mol. The van der Waals surface area contributed by atoms with Crippen molar-refractivity contribution in [2.24, 2.45) is 5.16 Å². The van der Waals surface area contributed by atoms with Gasteiger partial charge in [-0.25, -0.2) is 4.79 Å². The van der Waals surface area contributed by atoms with Gasteiger partial charge in [-0.3, -0.25) is 4.79 Å². The van der Waals surface area contributed by atoms with Gasteiger partial charge in [0, 0.05) is 19.0 Å². The van der Waals surface area contributed by atoms with Crippen LogP contribution in [-0.4, -0.2) is 47.6 Å². The first-order valence-electron chi connectivity index (χ1n) is 10.1. The SMILES string of the molecule is CCCNC(=O)CON=C1/C=C/CC/C=C/CCOC(=O)c2c(O)cc(O)c(Cl)c2C1. The van der Waals surface area contributed by atoms with Crippen LogP contribution in [0.1, 0.15) is 48.5 Å². The van der Waals surface area contributed by atoms with Crippen LogP contribution >= 0.6 is 11.6 Å². The Kier molecular flexibility index (Phi) is 9.90. The van der Waals surface area contributed by atoms with Crippen molar-refractivity contribution in [1.29, 1.82) is 0 Å². The van der Waals surface area contributed by atoms with Crippen LogP contribution in [0.3, 0.4) is 0 Å². The molecule has 0 radical (unpaired) electrons. The molecular formula is C22H27ClN2O6. The number of fused-ring (bicyclic) bond motifs is 1. The van der Waals surface area contributed by atoms with Gasteiger partial charge in [0.1, 0.15) is 17.1 Å². The standard InChI is InChI=1S/C22H27ClN2O6/c1-2-10-24-19(28)14-31-25-15-9-7-5-3-4-6-8-11-30-22(29)20-16(12-15)21(23)18(27)13-17(20)26/h4,6-7,9,13,26-27H,2-3,5,8,10-12,14H2,1H3,(H,24,28)/b6-4+,9-7+,25-15?. The topological polar surface area (TPSA) is 117 Å². The van der Waals surface area contributed by atoms with Crippen LogP contribution in [0.5, 0.6) is 11.5 Å². The van der Waals surface area contributed by atoms with Gasteiger partial charge in [-0.05, 0) is 37.3 Å². The first kappa shape index (κ1) is 24.3. The normalized spacial score (nSPS) is 18.4. The molecule has 2 rings (SSSR count). The number of aromatic hydroxyl groups is 2. The second-order valence-corrected chi connectivity index (χ2v) is 7.22. The van der Waals surface area contributed by atoms with Gasteiger partial charge < -0.3 is 25.1 Å². The van der Waals surface area contributed by atoms with Gasteiger partial charge in [0.15, 0.2) is 6.61 Å². The van der Waals surface area contributed by atoms with Crippen molar-refractivity contribution in [3.8, 4) is 11.5 Å². The Labute approximate surface area is 186 Å². The van der Waals surface area contributed by atoms with E-state index in [1.165, 1.54) is 0 Å². The van der Waals surface area contributed by atoms with E-state index in [4.69, 9.17) is 21.2 Å². The van der Waals surface area contributed by atoms with Crippen LogP contribution in [0.4, 0.5) is 0 Å². The molecule has 1 aliphatic heterocycles. The zero-order valence-electron chi connectivity index (χ0n) is 17.4. The number of phenols is 2. The molecule has 0 aromatic heterocycles. The molecule has 168 valence electrons. The molecule has 8 nitrogen and oxygen atoms in total. The number of ether oxygens (including phenoxy) is 1. The fourth-order valence-electron chi connectivity index (χ4n) is 2.81. The average Bonchev–Trinajstić information content (AvgIpc) is 2.73. The van der Waals surface area contributed by atoms with Gasteiger partial charge in [0.25, 0.3) is 5.91 Å². The maximum absolute atomic E-state index is 12.6. The quantitative estimate of drug-likeness (QED) is 0.358. The van der Waals surface area contributed by atoms with Crippen LogP contribution < -0.4 is 5.32 Å². The average molecular weight is 451 g/mol. The number of benzene rings is 1. The van der Waals surface area contributed by atoms with Crippen LogP contribution in [0, 0.1) is 0 Å². The molecule has 1 aliphatic rings. The Hall–Kier alpha value is -3.00. The molecule has 0 unspecified atom stereocenters. The van der Waals surface area contributed by atoms with E-state index < -0.39 is 11.7 Å². The summed E-state index contributed by atoms with van der Waals surface area (Å²) in [7, 11) is 0. The van der Waals surface area contributed by atoms with Gasteiger partial charge in [-0.15, -0.1) is 0 Å². The Bertz CT molecular complexity index is 879. The number of carbonyl (C=O) groups excluding carboxylic acids is 2. The van der Waals surface area contributed by atoms with Crippen molar-refractivity contribution in [3.05, 3.63) is 46.5 Å². The highest BCUT2D eigenvalue weighted by Gasteiger charge is 2.24. The summed E-state index contributed by atoms with van der Waals surface area (Å²) in [4.78, 5) is 29.5. The number of allylic oxidation sites excluding steroid dienone is 3. The van der Waals surface area contributed by atoms with Gasteiger partial charge in [-0.2, -0.15) is 0 Å². The van der Waals surface area contributed by atoms with Crippen molar-refractivity contribution in [2.75, 3.05) is 19.8 Å². The summed E-state index contributed by atoms with van der Waals surface area (Å²) >= 11 is 6.24.